The summed E-state index contributed by atoms with van der Waals surface area (Å²) in [5, 5.41) is 0. The third kappa shape index (κ3) is 3.80. The molecule has 0 N–H and O–H groups in total. The van der Waals surface area contributed by atoms with Gasteiger partial charge < -0.3 is 9.80 Å². The molecule has 1 aromatic carbocycles. The summed E-state index contributed by atoms with van der Waals surface area (Å²) in [6.45, 7) is 4.80. The number of likely N-dealkylation sites (tertiary alicyclic amines) is 1. The first-order chi connectivity index (χ1) is 8.15. The van der Waals surface area contributed by atoms with Gasteiger partial charge in [0.1, 0.15) is 0 Å². The predicted molar refractivity (Wildman–Crippen MR) is 76.5 cm³/mol. The van der Waals surface area contributed by atoms with Gasteiger partial charge in [-0.2, -0.15) is 0 Å². The maximum atomic E-state index is 3.55. The van der Waals surface area contributed by atoms with Crippen molar-refractivity contribution < 1.29 is 0 Å². The van der Waals surface area contributed by atoms with E-state index in [1.54, 1.807) is 0 Å². The standard InChI is InChI=1S/C14H21BrN2/c1-16(2)8-9-17-7-6-13(11-17)12-4-3-5-14(15)10-12/h3-5,10,13H,6-9,11H2,1-2H3. The Kier molecular flexibility index (Phi) is 4.60. The van der Waals surface area contributed by atoms with Crippen LogP contribution in [0.15, 0.2) is 28.7 Å². The first-order valence-corrected chi connectivity index (χ1v) is 7.07. The monoisotopic (exact) mass is 296 g/mol. The van der Waals surface area contributed by atoms with Crippen molar-refractivity contribution in [3.63, 3.8) is 0 Å². The van der Waals surface area contributed by atoms with Crippen LogP contribution in [0.5, 0.6) is 0 Å². The Bertz CT molecular complexity index is 365. The van der Waals surface area contributed by atoms with Crippen molar-refractivity contribution >= 4 is 15.9 Å². The van der Waals surface area contributed by atoms with E-state index >= 15 is 0 Å². The van der Waals surface area contributed by atoms with Gasteiger partial charge in [0.2, 0.25) is 0 Å². The maximum absolute atomic E-state index is 3.55. The van der Waals surface area contributed by atoms with Crippen molar-refractivity contribution in [1.82, 2.24) is 9.80 Å². The van der Waals surface area contributed by atoms with Crippen molar-refractivity contribution in [3.05, 3.63) is 34.3 Å². The number of benzene rings is 1. The summed E-state index contributed by atoms with van der Waals surface area (Å²) < 4.78 is 1.20. The predicted octanol–water partition coefficient (Wildman–Crippen LogP) is 2.80. The Labute approximate surface area is 113 Å². The van der Waals surface area contributed by atoms with E-state index < -0.39 is 0 Å². The molecular formula is C14H21BrN2. The molecule has 1 aliphatic rings. The zero-order valence-electron chi connectivity index (χ0n) is 10.7. The SMILES string of the molecule is CN(C)CCN1CCC(c2cccc(Br)c2)C1. The molecule has 0 aromatic heterocycles. The topological polar surface area (TPSA) is 6.48 Å². The molecule has 3 heteroatoms. The number of hydrogen-bond donors (Lipinski definition) is 0. The molecule has 2 nitrogen and oxygen atoms in total. The number of likely N-dealkylation sites (N-methyl/N-ethyl adjacent to an activating group) is 1. The summed E-state index contributed by atoms with van der Waals surface area (Å²) in [7, 11) is 4.28. The summed E-state index contributed by atoms with van der Waals surface area (Å²) in [5.74, 6) is 0.717. The van der Waals surface area contributed by atoms with Crippen LogP contribution in [0, 0.1) is 0 Å². The zero-order valence-corrected chi connectivity index (χ0v) is 12.3. The van der Waals surface area contributed by atoms with E-state index in [2.05, 4.69) is 64.1 Å². The lowest BCUT2D eigenvalue weighted by Gasteiger charge is -2.18. The highest BCUT2D eigenvalue weighted by atomic mass is 79.9. The molecule has 1 heterocycles. The Balaban J connectivity index is 1.89. The van der Waals surface area contributed by atoms with Gasteiger partial charge in [0.15, 0.2) is 0 Å². The number of nitrogens with zero attached hydrogens (tertiary/aromatic N) is 2. The second-order valence-corrected chi connectivity index (χ2v) is 6.06. The highest BCUT2D eigenvalue weighted by Crippen LogP contribution is 2.28. The van der Waals surface area contributed by atoms with Gasteiger partial charge in [-0.15, -0.1) is 0 Å². The molecule has 0 aliphatic carbocycles. The molecule has 1 aliphatic heterocycles. The molecule has 1 aromatic rings. The van der Waals surface area contributed by atoms with Crippen LogP contribution in [0.3, 0.4) is 0 Å². The average molecular weight is 297 g/mol. The highest BCUT2D eigenvalue weighted by molar-refractivity contribution is 9.10. The van der Waals surface area contributed by atoms with E-state index in [1.807, 2.05) is 0 Å². The van der Waals surface area contributed by atoms with Gasteiger partial charge in [-0.25, -0.2) is 0 Å². The fourth-order valence-electron chi connectivity index (χ4n) is 2.41. The molecule has 0 spiro atoms. The van der Waals surface area contributed by atoms with Crippen molar-refractivity contribution in [2.75, 3.05) is 40.3 Å². The van der Waals surface area contributed by atoms with Gasteiger partial charge in [0.25, 0.3) is 0 Å². The molecule has 1 saturated heterocycles. The van der Waals surface area contributed by atoms with Gasteiger partial charge in [-0.3, -0.25) is 0 Å². The third-order valence-corrected chi connectivity index (χ3v) is 3.95. The minimum Gasteiger partial charge on any atom is -0.308 e. The lowest BCUT2D eigenvalue weighted by atomic mass is 9.99. The molecule has 2 rings (SSSR count). The molecule has 1 unspecified atom stereocenters. The number of hydrogen-bond acceptors (Lipinski definition) is 2. The van der Waals surface area contributed by atoms with Crippen LogP contribution in [0.1, 0.15) is 17.9 Å². The quantitative estimate of drug-likeness (QED) is 0.843. The first kappa shape index (κ1) is 13.1. The van der Waals surface area contributed by atoms with E-state index in [-0.39, 0.29) is 0 Å². The van der Waals surface area contributed by atoms with Crippen LogP contribution < -0.4 is 0 Å². The van der Waals surface area contributed by atoms with E-state index in [4.69, 9.17) is 0 Å². The smallest absolute Gasteiger partial charge is 0.0178 e. The lowest BCUT2D eigenvalue weighted by molar-refractivity contribution is 0.281. The summed E-state index contributed by atoms with van der Waals surface area (Å²) in [6.07, 6.45) is 1.30. The lowest BCUT2D eigenvalue weighted by Crippen LogP contribution is -2.29. The molecule has 0 saturated carbocycles. The first-order valence-electron chi connectivity index (χ1n) is 6.27. The van der Waals surface area contributed by atoms with Gasteiger partial charge in [-0.1, -0.05) is 28.1 Å². The second kappa shape index (κ2) is 5.98. The molecule has 17 heavy (non-hydrogen) atoms. The summed E-state index contributed by atoms with van der Waals surface area (Å²) in [5.41, 5.74) is 1.48. The summed E-state index contributed by atoms with van der Waals surface area (Å²) in [6, 6.07) is 8.76. The van der Waals surface area contributed by atoms with Crippen LogP contribution in [0.4, 0.5) is 0 Å². The minimum atomic E-state index is 0.717. The minimum absolute atomic E-state index is 0.717. The van der Waals surface area contributed by atoms with Crippen LogP contribution in [0.25, 0.3) is 0 Å². The molecule has 1 fully saturated rings. The molecule has 0 bridgehead atoms. The second-order valence-electron chi connectivity index (χ2n) is 5.14. The van der Waals surface area contributed by atoms with E-state index in [0.717, 1.165) is 12.5 Å². The Morgan fingerprint density at radius 2 is 2.24 bits per heavy atom. The van der Waals surface area contributed by atoms with Crippen molar-refractivity contribution in [2.45, 2.75) is 12.3 Å². The van der Waals surface area contributed by atoms with Crippen LogP contribution in [-0.4, -0.2) is 50.1 Å². The largest absolute Gasteiger partial charge is 0.308 e. The van der Waals surface area contributed by atoms with E-state index in [9.17, 15) is 0 Å². The molecule has 1 atom stereocenters. The summed E-state index contributed by atoms with van der Waals surface area (Å²) in [4.78, 5) is 4.83. The average Bonchev–Trinajstić information content (AvgIpc) is 2.75. The van der Waals surface area contributed by atoms with Crippen molar-refractivity contribution in [1.29, 1.82) is 0 Å². The van der Waals surface area contributed by atoms with Crippen LogP contribution in [-0.2, 0) is 0 Å². The molecule has 94 valence electrons. The van der Waals surface area contributed by atoms with Crippen LogP contribution >= 0.6 is 15.9 Å². The Morgan fingerprint density at radius 1 is 1.41 bits per heavy atom. The van der Waals surface area contributed by atoms with E-state index in [0.29, 0.717) is 0 Å². The molecule has 0 amide bonds. The number of rotatable bonds is 4. The maximum Gasteiger partial charge on any atom is 0.0178 e. The Hall–Kier alpha value is -0.380. The van der Waals surface area contributed by atoms with Gasteiger partial charge in [0.05, 0.1) is 0 Å². The van der Waals surface area contributed by atoms with Crippen molar-refractivity contribution in [3.8, 4) is 0 Å². The van der Waals surface area contributed by atoms with Gasteiger partial charge >= 0.3 is 0 Å². The number of halogens is 1. The fraction of sp³-hybridized carbons (Fsp3) is 0.571. The van der Waals surface area contributed by atoms with Gasteiger partial charge in [0, 0.05) is 24.1 Å². The fourth-order valence-corrected chi connectivity index (χ4v) is 2.83. The Morgan fingerprint density at radius 3 is 2.94 bits per heavy atom. The van der Waals surface area contributed by atoms with Crippen molar-refractivity contribution in [2.24, 2.45) is 0 Å². The molecule has 0 radical (unpaired) electrons. The highest BCUT2D eigenvalue weighted by Gasteiger charge is 2.23. The van der Waals surface area contributed by atoms with E-state index in [1.165, 1.54) is 36.1 Å². The van der Waals surface area contributed by atoms with Gasteiger partial charge in [-0.05, 0) is 50.7 Å². The zero-order chi connectivity index (χ0) is 12.3. The normalized spacial score (nSPS) is 21.3. The third-order valence-electron chi connectivity index (χ3n) is 3.46. The van der Waals surface area contributed by atoms with Crippen LogP contribution in [0.2, 0.25) is 0 Å². The molecular weight excluding hydrogens is 276 g/mol. The summed E-state index contributed by atoms with van der Waals surface area (Å²) >= 11 is 3.55.